The van der Waals surface area contributed by atoms with Crippen LogP contribution in [0, 0.1) is 19.8 Å². The predicted molar refractivity (Wildman–Crippen MR) is 122 cm³/mol. The van der Waals surface area contributed by atoms with Gasteiger partial charge in [-0.3, -0.25) is 4.99 Å². The number of aliphatic hydroxyl groups is 1. The Balaban J connectivity index is 1.81. The van der Waals surface area contributed by atoms with Crippen molar-refractivity contribution in [3.8, 4) is 0 Å². The molecule has 5 heteroatoms. The number of anilines is 1. The first-order valence-corrected chi connectivity index (χ1v) is 10.8. The van der Waals surface area contributed by atoms with Gasteiger partial charge in [-0.2, -0.15) is 0 Å². The van der Waals surface area contributed by atoms with E-state index in [1.807, 2.05) is 18.2 Å². The number of benzene rings is 2. The number of aryl methyl sites for hydroxylation is 2. The smallest absolute Gasteiger partial charge is 0.108 e. The number of halogens is 2. The maximum absolute atomic E-state index is 11.7. The standard InChI is InChI=1S/C24H26Cl2N2O/c1-14-5-3-6-15(2)18(14)13-19(16-11-20(25)22(27)21(26)12-16)23(29)24(17-7-8-17)9-4-10-28-24/h3-6,9-12,17,19,23,29H,7-8,13,27H2,1-2H3. The van der Waals surface area contributed by atoms with Crippen molar-refractivity contribution in [2.45, 2.75) is 50.7 Å². The van der Waals surface area contributed by atoms with Gasteiger partial charge in [0.1, 0.15) is 5.54 Å². The lowest BCUT2D eigenvalue weighted by Gasteiger charge is -2.36. The van der Waals surface area contributed by atoms with E-state index >= 15 is 0 Å². The number of nitrogen functional groups attached to an aromatic ring is 1. The summed E-state index contributed by atoms with van der Waals surface area (Å²) in [4.78, 5) is 4.75. The van der Waals surface area contributed by atoms with Crippen LogP contribution in [0.2, 0.25) is 10.0 Å². The van der Waals surface area contributed by atoms with Crippen LogP contribution >= 0.6 is 23.2 Å². The molecule has 1 fully saturated rings. The largest absolute Gasteiger partial charge is 0.396 e. The molecule has 1 aliphatic carbocycles. The molecule has 152 valence electrons. The Morgan fingerprint density at radius 1 is 1.17 bits per heavy atom. The Kier molecular flexibility index (Phi) is 5.50. The van der Waals surface area contributed by atoms with Crippen molar-refractivity contribution in [2.75, 3.05) is 5.73 Å². The maximum atomic E-state index is 11.7. The second-order valence-corrected chi connectivity index (χ2v) is 9.14. The van der Waals surface area contributed by atoms with E-state index in [4.69, 9.17) is 33.9 Å². The number of aliphatic imine (C=N–C) groups is 1. The predicted octanol–water partition coefficient (Wildman–Crippen LogP) is 5.67. The van der Waals surface area contributed by atoms with Crippen LogP contribution in [0.15, 0.2) is 47.5 Å². The summed E-state index contributed by atoms with van der Waals surface area (Å²) in [6.07, 6.45) is 7.96. The third kappa shape index (κ3) is 3.72. The summed E-state index contributed by atoms with van der Waals surface area (Å²) < 4.78 is 0. The van der Waals surface area contributed by atoms with Crippen molar-refractivity contribution < 1.29 is 5.11 Å². The van der Waals surface area contributed by atoms with Crippen LogP contribution < -0.4 is 5.73 Å². The van der Waals surface area contributed by atoms with E-state index in [2.05, 4.69) is 38.1 Å². The lowest BCUT2D eigenvalue weighted by molar-refractivity contribution is 0.0733. The number of hydrogen-bond donors (Lipinski definition) is 2. The van der Waals surface area contributed by atoms with Gasteiger partial charge in [-0.1, -0.05) is 47.5 Å². The van der Waals surface area contributed by atoms with E-state index in [0.717, 1.165) is 18.4 Å². The lowest BCUT2D eigenvalue weighted by Crippen LogP contribution is -2.44. The molecular weight excluding hydrogens is 403 g/mol. The summed E-state index contributed by atoms with van der Waals surface area (Å²) in [6.45, 7) is 4.22. The molecule has 0 amide bonds. The van der Waals surface area contributed by atoms with Gasteiger partial charge in [0.2, 0.25) is 0 Å². The second-order valence-electron chi connectivity index (χ2n) is 8.32. The van der Waals surface area contributed by atoms with Gasteiger partial charge in [0.25, 0.3) is 0 Å². The summed E-state index contributed by atoms with van der Waals surface area (Å²) in [6, 6.07) is 9.96. The minimum absolute atomic E-state index is 0.217. The minimum atomic E-state index is -0.695. The van der Waals surface area contributed by atoms with E-state index in [0.29, 0.717) is 28.1 Å². The average Bonchev–Trinajstić information content (AvgIpc) is 3.43. The van der Waals surface area contributed by atoms with Crippen molar-refractivity contribution >= 4 is 35.1 Å². The van der Waals surface area contributed by atoms with Crippen molar-refractivity contribution in [3.05, 3.63) is 74.8 Å². The van der Waals surface area contributed by atoms with Gasteiger partial charge in [-0.05, 0) is 79.5 Å². The Bertz CT molecular complexity index is 939. The van der Waals surface area contributed by atoms with Gasteiger partial charge in [-0.15, -0.1) is 0 Å². The summed E-state index contributed by atoms with van der Waals surface area (Å²) in [5, 5.41) is 12.6. The zero-order chi connectivity index (χ0) is 20.8. The molecule has 0 radical (unpaired) electrons. The molecule has 29 heavy (non-hydrogen) atoms. The summed E-state index contributed by atoms with van der Waals surface area (Å²) in [5.74, 6) is 0.151. The van der Waals surface area contributed by atoms with E-state index in [9.17, 15) is 5.11 Å². The van der Waals surface area contributed by atoms with Crippen LogP contribution in [0.3, 0.4) is 0 Å². The molecule has 3 nitrogen and oxygen atoms in total. The van der Waals surface area contributed by atoms with E-state index < -0.39 is 11.6 Å². The van der Waals surface area contributed by atoms with Gasteiger partial charge in [0.05, 0.1) is 21.8 Å². The van der Waals surface area contributed by atoms with Gasteiger partial charge < -0.3 is 10.8 Å². The quantitative estimate of drug-likeness (QED) is 0.582. The molecule has 0 saturated heterocycles. The first-order chi connectivity index (χ1) is 13.8. The van der Waals surface area contributed by atoms with Crippen LogP contribution in [0.1, 0.15) is 41.0 Å². The normalized spacial score (nSPS) is 22.8. The highest BCUT2D eigenvalue weighted by Gasteiger charge is 2.51. The number of nitrogens with zero attached hydrogens (tertiary/aromatic N) is 1. The summed E-state index contributed by atoms with van der Waals surface area (Å²) in [5.41, 5.74) is 10.3. The Morgan fingerprint density at radius 3 is 2.31 bits per heavy atom. The minimum Gasteiger partial charge on any atom is -0.396 e. The first-order valence-electron chi connectivity index (χ1n) is 10.0. The molecular formula is C24H26Cl2N2O. The monoisotopic (exact) mass is 428 g/mol. The van der Waals surface area contributed by atoms with Gasteiger partial charge in [0.15, 0.2) is 0 Å². The second kappa shape index (κ2) is 7.79. The van der Waals surface area contributed by atoms with Gasteiger partial charge in [0, 0.05) is 12.1 Å². The van der Waals surface area contributed by atoms with E-state index in [-0.39, 0.29) is 5.92 Å². The van der Waals surface area contributed by atoms with Gasteiger partial charge in [-0.25, -0.2) is 0 Å². The SMILES string of the molecule is Cc1cccc(C)c1CC(c1cc(Cl)c(N)c(Cl)c1)C(O)C1(C2CC2)C=CC=N1. The molecule has 1 saturated carbocycles. The zero-order valence-electron chi connectivity index (χ0n) is 16.7. The van der Waals surface area contributed by atoms with Crippen molar-refractivity contribution in [2.24, 2.45) is 10.9 Å². The molecule has 1 heterocycles. The molecule has 3 atom stereocenters. The van der Waals surface area contributed by atoms with Crippen LogP contribution in [0.5, 0.6) is 0 Å². The molecule has 2 aromatic rings. The van der Waals surface area contributed by atoms with E-state index in [1.165, 1.54) is 16.7 Å². The maximum Gasteiger partial charge on any atom is 0.108 e. The lowest BCUT2D eigenvalue weighted by atomic mass is 9.75. The van der Waals surface area contributed by atoms with Crippen molar-refractivity contribution in [1.82, 2.24) is 0 Å². The molecule has 1 aliphatic heterocycles. The highest BCUT2D eigenvalue weighted by atomic mass is 35.5. The molecule has 3 unspecified atom stereocenters. The fraction of sp³-hybridized carbons (Fsp3) is 0.375. The third-order valence-corrected chi connectivity index (χ3v) is 7.06. The number of rotatable bonds is 6. The highest BCUT2D eigenvalue weighted by molar-refractivity contribution is 6.38. The molecule has 0 bridgehead atoms. The Labute approximate surface area is 182 Å². The zero-order valence-corrected chi connectivity index (χ0v) is 18.2. The van der Waals surface area contributed by atoms with Crippen molar-refractivity contribution in [1.29, 1.82) is 0 Å². The van der Waals surface area contributed by atoms with Crippen molar-refractivity contribution in [3.63, 3.8) is 0 Å². The number of hydrogen-bond acceptors (Lipinski definition) is 3. The molecule has 3 N–H and O–H groups in total. The molecule has 0 spiro atoms. The van der Waals surface area contributed by atoms with E-state index in [1.54, 1.807) is 6.21 Å². The topological polar surface area (TPSA) is 58.6 Å². The summed E-state index contributed by atoms with van der Waals surface area (Å²) in [7, 11) is 0. The van der Waals surface area contributed by atoms with Crippen LogP contribution in [-0.4, -0.2) is 23.0 Å². The van der Waals surface area contributed by atoms with Crippen LogP contribution in [-0.2, 0) is 6.42 Å². The fourth-order valence-corrected chi connectivity index (χ4v) is 5.06. The molecule has 0 aromatic heterocycles. The third-order valence-electron chi connectivity index (χ3n) is 6.43. The number of nitrogens with two attached hydrogens (primary N) is 1. The summed E-state index contributed by atoms with van der Waals surface area (Å²) >= 11 is 12.7. The fourth-order valence-electron chi connectivity index (χ4n) is 4.56. The van der Waals surface area contributed by atoms with Gasteiger partial charge >= 0.3 is 0 Å². The number of aliphatic hydroxyl groups excluding tert-OH is 1. The highest BCUT2D eigenvalue weighted by Crippen LogP contribution is 2.50. The molecule has 4 rings (SSSR count). The average molecular weight is 429 g/mol. The molecule has 2 aromatic carbocycles. The van der Waals surface area contributed by atoms with Crippen LogP contribution in [0.25, 0.3) is 0 Å². The Morgan fingerprint density at radius 2 is 1.79 bits per heavy atom. The first kappa shape index (κ1) is 20.5. The molecule has 2 aliphatic rings. The Hall–Kier alpha value is -1.81. The number of allylic oxidation sites excluding steroid dienone is 1. The van der Waals surface area contributed by atoms with Crippen LogP contribution in [0.4, 0.5) is 5.69 Å².